The van der Waals surface area contributed by atoms with E-state index in [0.717, 1.165) is 70.5 Å². The maximum atomic E-state index is 4.66. The SMILES string of the molecule is C=C/C(=C\C(=C/C)c1cnc2n[nH]c(-c3cc4c(C5=CCC=C5)cccc4[nH]3)c2c1)NC(=C)CCCC. The Hall–Kier alpha value is -4.38. The summed E-state index contributed by atoms with van der Waals surface area (Å²) in [5.74, 6) is 0. The number of aromatic amines is 2. The number of hydrogen-bond donors (Lipinski definition) is 3. The summed E-state index contributed by atoms with van der Waals surface area (Å²) in [4.78, 5) is 8.24. The molecule has 4 aromatic rings. The summed E-state index contributed by atoms with van der Waals surface area (Å²) < 4.78 is 0. The first-order valence-corrected chi connectivity index (χ1v) is 12.9. The van der Waals surface area contributed by atoms with E-state index in [9.17, 15) is 0 Å². The maximum Gasteiger partial charge on any atom is 0.181 e. The van der Waals surface area contributed by atoms with E-state index in [-0.39, 0.29) is 0 Å². The summed E-state index contributed by atoms with van der Waals surface area (Å²) in [6.07, 6.45) is 18.7. The zero-order valence-electron chi connectivity index (χ0n) is 21.6. The lowest BCUT2D eigenvalue weighted by atomic mass is 10.0. The fraction of sp³-hybridized carbons (Fsp3) is 0.188. The molecule has 0 unspecified atom stereocenters. The van der Waals surface area contributed by atoms with Crippen LogP contribution in [0.3, 0.4) is 0 Å². The van der Waals surface area contributed by atoms with Gasteiger partial charge in [-0.25, -0.2) is 4.98 Å². The van der Waals surface area contributed by atoms with E-state index in [2.05, 4.69) is 106 Å². The smallest absolute Gasteiger partial charge is 0.181 e. The molecule has 1 aromatic carbocycles. The Bertz CT molecular complexity index is 1600. The van der Waals surface area contributed by atoms with Crippen molar-refractivity contribution in [3.8, 4) is 11.4 Å². The maximum absolute atomic E-state index is 4.66. The molecule has 37 heavy (non-hydrogen) atoms. The van der Waals surface area contributed by atoms with Crippen LogP contribution in [0.2, 0.25) is 0 Å². The van der Waals surface area contributed by atoms with E-state index in [1.54, 1.807) is 0 Å². The highest BCUT2D eigenvalue weighted by Crippen LogP contribution is 2.34. The van der Waals surface area contributed by atoms with Gasteiger partial charge >= 0.3 is 0 Å². The van der Waals surface area contributed by atoms with Gasteiger partial charge in [0.05, 0.1) is 11.4 Å². The van der Waals surface area contributed by atoms with Crippen molar-refractivity contribution in [2.24, 2.45) is 0 Å². The molecular formula is C32H33N5. The van der Waals surface area contributed by atoms with Crippen molar-refractivity contribution in [1.82, 2.24) is 25.5 Å². The normalized spacial score (nSPS) is 13.9. The molecule has 1 aliphatic rings. The highest BCUT2D eigenvalue weighted by molar-refractivity contribution is 6.00. The highest BCUT2D eigenvalue weighted by Gasteiger charge is 2.15. The lowest BCUT2D eigenvalue weighted by Gasteiger charge is -2.11. The number of nitrogens with one attached hydrogen (secondary N) is 3. The summed E-state index contributed by atoms with van der Waals surface area (Å²) in [5, 5.41) is 13.3. The largest absolute Gasteiger partial charge is 0.359 e. The van der Waals surface area contributed by atoms with Crippen molar-refractivity contribution in [1.29, 1.82) is 0 Å². The molecule has 0 amide bonds. The monoisotopic (exact) mass is 487 g/mol. The third kappa shape index (κ3) is 4.98. The standard InChI is InChI=1S/C32H33N5/c1-5-8-12-21(4)34-25(7-3)17-22(6-2)24-18-28-31(36-37-32(28)33-20-24)30-19-27-26(23-13-9-10-14-23)15-11-16-29(27)35-30/h6-7,9,11,13-20,34-35H,3-5,8,10,12H2,1-2H3,(H,33,36,37)/b22-6+,25-17+. The van der Waals surface area contributed by atoms with Gasteiger partial charge in [0, 0.05) is 39.4 Å². The number of nitrogens with zero attached hydrogens (tertiary/aromatic N) is 2. The molecule has 3 N–H and O–H groups in total. The molecule has 3 aromatic heterocycles. The van der Waals surface area contributed by atoms with Gasteiger partial charge in [-0.1, -0.05) is 62.9 Å². The average molecular weight is 488 g/mol. The second kappa shape index (κ2) is 10.7. The topological polar surface area (TPSA) is 69.4 Å². The molecule has 186 valence electrons. The first-order chi connectivity index (χ1) is 18.1. The minimum atomic E-state index is 0.688. The fourth-order valence-electron chi connectivity index (χ4n) is 4.77. The molecular weight excluding hydrogens is 454 g/mol. The molecule has 1 aliphatic carbocycles. The quantitative estimate of drug-likeness (QED) is 0.197. The lowest BCUT2D eigenvalue weighted by molar-refractivity contribution is 0.751. The van der Waals surface area contributed by atoms with Gasteiger partial charge in [0.25, 0.3) is 0 Å². The second-order valence-corrected chi connectivity index (χ2v) is 9.32. The van der Waals surface area contributed by atoms with Crippen LogP contribution in [0.1, 0.15) is 50.7 Å². The molecule has 3 heterocycles. The molecule has 0 radical (unpaired) electrons. The van der Waals surface area contributed by atoms with Crippen molar-refractivity contribution in [2.75, 3.05) is 0 Å². The van der Waals surface area contributed by atoms with E-state index in [4.69, 9.17) is 0 Å². The Morgan fingerprint density at radius 2 is 2.11 bits per heavy atom. The summed E-state index contributed by atoms with van der Waals surface area (Å²) in [7, 11) is 0. The Morgan fingerprint density at radius 1 is 1.22 bits per heavy atom. The first kappa shape index (κ1) is 24.3. The number of pyridine rings is 1. The second-order valence-electron chi connectivity index (χ2n) is 9.32. The number of aromatic nitrogens is 4. The van der Waals surface area contributed by atoms with Crippen LogP contribution < -0.4 is 5.32 Å². The zero-order chi connectivity index (χ0) is 25.8. The Balaban J connectivity index is 1.51. The molecule has 0 spiro atoms. The zero-order valence-corrected chi connectivity index (χ0v) is 21.6. The molecule has 5 rings (SSSR count). The Kier molecular flexibility index (Phi) is 7.04. The third-order valence-corrected chi connectivity index (χ3v) is 6.75. The van der Waals surface area contributed by atoms with Crippen LogP contribution in [-0.2, 0) is 0 Å². The fourth-order valence-corrected chi connectivity index (χ4v) is 4.77. The molecule has 0 bridgehead atoms. The van der Waals surface area contributed by atoms with Crippen LogP contribution in [0, 0.1) is 0 Å². The number of rotatable bonds is 10. The minimum absolute atomic E-state index is 0.688. The van der Waals surface area contributed by atoms with Crippen molar-refractivity contribution in [3.63, 3.8) is 0 Å². The average Bonchev–Trinajstić information content (AvgIpc) is 3.68. The van der Waals surface area contributed by atoms with E-state index < -0.39 is 0 Å². The van der Waals surface area contributed by atoms with Gasteiger partial charge in [-0.15, -0.1) is 0 Å². The van der Waals surface area contributed by atoms with Crippen molar-refractivity contribution in [3.05, 3.63) is 109 Å². The lowest BCUT2D eigenvalue weighted by Crippen LogP contribution is -2.10. The molecule has 0 atom stereocenters. The van der Waals surface area contributed by atoms with Gasteiger partial charge in [0.1, 0.15) is 0 Å². The number of unbranched alkanes of at least 4 members (excludes halogenated alkanes) is 1. The van der Waals surface area contributed by atoms with Crippen molar-refractivity contribution < 1.29 is 0 Å². The van der Waals surface area contributed by atoms with E-state index >= 15 is 0 Å². The van der Waals surface area contributed by atoms with Crippen molar-refractivity contribution >= 4 is 33.1 Å². The van der Waals surface area contributed by atoms with Gasteiger partial charge < -0.3 is 10.3 Å². The van der Waals surface area contributed by atoms with E-state index in [1.165, 1.54) is 16.5 Å². The molecule has 0 aliphatic heterocycles. The van der Waals surface area contributed by atoms with Crippen LogP contribution in [0.4, 0.5) is 0 Å². The number of hydrogen-bond acceptors (Lipinski definition) is 3. The Morgan fingerprint density at radius 3 is 2.86 bits per heavy atom. The summed E-state index contributed by atoms with van der Waals surface area (Å²) in [6.45, 7) is 12.4. The Labute approximate surface area is 218 Å². The molecule has 0 saturated carbocycles. The van der Waals surface area contributed by atoms with Crippen LogP contribution in [0.25, 0.3) is 44.5 Å². The first-order valence-electron chi connectivity index (χ1n) is 12.9. The van der Waals surface area contributed by atoms with Gasteiger partial charge in [-0.3, -0.25) is 5.10 Å². The predicted molar refractivity (Wildman–Crippen MR) is 157 cm³/mol. The van der Waals surface area contributed by atoms with Crippen LogP contribution in [0.5, 0.6) is 0 Å². The highest BCUT2D eigenvalue weighted by atomic mass is 15.2. The van der Waals surface area contributed by atoms with E-state index in [1.807, 2.05) is 19.2 Å². The number of benzene rings is 1. The van der Waals surface area contributed by atoms with Gasteiger partial charge in [-0.2, -0.15) is 5.10 Å². The number of fused-ring (bicyclic) bond motifs is 2. The number of allylic oxidation sites excluding steroid dienone is 9. The summed E-state index contributed by atoms with van der Waals surface area (Å²) >= 11 is 0. The summed E-state index contributed by atoms with van der Waals surface area (Å²) in [6, 6.07) is 10.7. The third-order valence-electron chi connectivity index (χ3n) is 6.75. The summed E-state index contributed by atoms with van der Waals surface area (Å²) in [5.41, 5.74) is 10.2. The van der Waals surface area contributed by atoms with Crippen LogP contribution >= 0.6 is 0 Å². The van der Waals surface area contributed by atoms with Gasteiger partial charge in [0.15, 0.2) is 5.65 Å². The molecule has 5 nitrogen and oxygen atoms in total. The van der Waals surface area contributed by atoms with Crippen molar-refractivity contribution in [2.45, 2.75) is 39.5 Å². The molecule has 0 saturated heterocycles. The molecule has 0 fully saturated rings. The van der Waals surface area contributed by atoms with E-state index in [0.29, 0.717) is 5.65 Å². The van der Waals surface area contributed by atoms with Gasteiger partial charge in [0.2, 0.25) is 0 Å². The minimum Gasteiger partial charge on any atom is -0.359 e. The van der Waals surface area contributed by atoms with Gasteiger partial charge in [-0.05, 0) is 73.2 Å². The predicted octanol–water partition coefficient (Wildman–Crippen LogP) is 8.22. The van der Waals surface area contributed by atoms with Crippen LogP contribution in [0.15, 0.2) is 97.5 Å². The molecule has 5 heteroatoms. The van der Waals surface area contributed by atoms with Crippen LogP contribution in [-0.4, -0.2) is 20.2 Å². The number of H-pyrrole nitrogens is 2.